The zero-order valence-electron chi connectivity index (χ0n) is 13.0. The highest BCUT2D eigenvalue weighted by Crippen LogP contribution is 2.36. The molecule has 1 N–H and O–H groups in total. The van der Waals surface area contributed by atoms with E-state index in [1.807, 2.05) is 13.8 Å². The van der Waals surface area contributed by atoms with Gasteiger partial charge in [0.05, 0.1) is 12.6 Å². The summed E-state index contributed by atoms with van der Waals surface area (Å²) in [5, 5.41) is 2.91. The standard InChI is InChI=1S/C16H28N2O2/c1-11(2)16(12(3)19)17-15(20)10-18-9-5-7-13-6-4-8-14(13)18/h11,13-14,16H,4-10H2,1-3H3,(H,17,20). The SMILES string of the molecule is CC(=O)C(NC(=O)CN1CCCC2CCCC21)C(C)C. The van der Waals surface area contributed by atoms with E-state index >= 15 is 0 Å². The average molecular weight is 280 g/mol. The number of nitrogens with one attached hydrogen (secondary N) is 1. The van der Waals surface area contributed by atoms with Crippen LogP contribution in [0.15, 0.2) is 0 Å². The molecular formula is C16H28N2O2. The molecule has 0 radical (unpaired) electrons. The van der Waals surface area contributed by atoms with Crippen molar-refractivity contribution in [1.29, 1.82) is 0 Å². The van der Waals surface area contributed by atoms with Crippen molar-refractivity contribution in [2.75, 3.05) is 13.1 Å². The first-order valence-electron chi connectivity index (χ1n) is 8.03. The zero-order chi connectivity index (χ0) is 14.7. The lowest BCUT2D eigenvalue weighted by Crippen LogP contribution is -2.51. The van der Waals surface area contributed by atoms with Gasteiger partial charge >= 0.3 is 0 Å². The maximum Gasteiger partial charge on any atom is 0.234 e. The van der Waals surface area contributed by atoms with Gasteiger partial charge in [0, 0.05) is 6.04 Å². The van der Waals surface area contributed by atoms with Gasteiger partial charge in [0.1, 0.15) is 0 Å². The first-order valence-corrected chi connectivity index (χ1v) is 8.03. The maximum atomic E-state index is 12.2. The smallest absolute Gasteiger partial charge is 0.234 e. The van der Waals surface area contributed by atoms with Gasteiger partial charge in [-0.3, -0.25) is 14.5 Å². The van der Waals surface area contributed by atoms with Gasteiger partial charge in [-0.1, -0.05) is 20.3 Å². The van der Waals surface area contributed by atoms with Crippen LogP contribution in [0, 0.1) is 11.8 Å². The fraction of sp³-hybridized carbons (Fsp3) is 0.875. The van der Waals surface area contributed by atoms with E-state index in [1.54, 1.807) is 6.92 Å². The zero-order valence-corrected chi connectivity index (χ0v) is 13.0. The fourth-order valence-electron chi connectivity index (χ4n) is 3.89. The number of rotatable bonds is 5. The van der Waals surface area contributed by atoms with Crippen molar-refractivity contribution in [3.8, 4) is 0 Å². The molecule has 4 heteroatoms. The van der Waals surface area contributed by atoms with Crippen molar-refractivity contribution >= 4 is 11.7 Å². The van der Waals surface area contributed by atoms with Crippen LogP contribution in [-0.2, 0) is 9.59 Å². The number of ketones is 1. The topological polar surface area (TPSA) is 49.4 Å². The number of carbonyl (C=O) groups is 2. The largest absolute Gasteiger partial charge is 0.345 e. The Hall–Kier alpha value is -0.900. The molecule has 4 nitrogen and oxygen atoms in total. The second-order valence-electron chi connectivity index (χ2n) is 6.77. The third kappa shape index (κ3) is 3.60. The lowest BCUT2D eigenvalue weighted by molar-refractivity contribution is -0.129. The normalized spacial score (nSPS) is 28.2. The molecule has 1 saturated heterocycles. The predicted molar refractivity (Wildman–Crippen MR) is 79.4 cm³/mol. The van der Waals surface area contributed by atoms with E-state index < -0.39 is 0 Å². The van der Waals surface area contributed by atoms with Crippen LogP contribution in [0.3, 0.4) is 0 Å². The Morgan fingerprint density at radius 1 is 1.20 bits per heavy atom. The summed E-state index contributed by atoms with van der Waals surface area (Å²) in [7, 11) is 0. The van der Waals surface area contributed by atoms with E-state index in [-0.39, 0.29) is 23.7 Å². The number of Topliss-reactive ketones (excluding diaryl/α,β-unsaturated/α-hetero) is 1. The number of likely N-dealkylation sites (tertiary alicyclic amines) is 1. The maximum absolute atomic E-state index is 12.2. The van der Waals surface area contributed by atoms with E-state index in [4.69, 9.17) is 0 Å². The summed E-state index contributed by atoms with van der Waals surface area (Å²) in [6, 6.07) is 0.260. The summed E-state index contributed by atoms with van der Waals surface area (Å²) >= 11 is 0. The molecule has 2 fully saturated rings. The molecule has 2 rings (SSSR count). The second-order valence-corrected chi connectivity index (χ2v) is 6.77. The van der Waals surface area contributed by atoms with Crippen molar-refractivity contribution < 1.29 is 9.59 Å². The lowest BCUT2D eigenvalue weighted by atomic mass is 9.92. The van der Waals surface area contributed by atoms with Crippen LogP contribution in [0.2, 0.25) is 0 Å². The Morgan fingerprint density at radius 3 is 2.55 bits per heavy atom. The van der Waals surface area contributed by atoms with Gasteiger partial charge in [-0.15, -0.1) is 0 Å². The summed E-state index contributed by atoms with van der Waals surface area (Å²) in [5.41, 5.74) is 0. The van der Waals surface area contributed by atoms with Crippen LogP contribution in [0.5, 0.6) is 0 Å². The van der Waals surface area contributed by atoms with E-state index in [9.17, 15) is 9.59 Å². The van der Waals surface area contributed by atoms with E-state index in [0.29, 0.717) is 12.6 Å². The van der Waals surface area contributed by atoms with Gasteiger partial charge in [-0.2, -0.15) is 0 Å². The first kappa shape index (κ1) is 15.5. The first-order chi connectivity index (χ1) is 9.49. The minimum atomic E-state index is -0.341. The van der Waals surface area contributed by atoms with Crippen LogP contribution in [0.25, 0.3) is 0 Å². The monoisotopic (exact) mass is 280 g/mol. The minimum Gasteiger partial charge on any atom is -0.345 e. The third-order valence-electron chi connectivity index (χ3n) is 4.88. The summed E-state index contributed by atoms with van der Waals surface area (Å²) in [5.74, 6) is 1.000. The summed E-state index contributed by atoms with van der Waals surface area (Å²) in [6.07, 6.45) is 6.39. The minimum absolute atomic E-state index is 0.00597. The summed E-state index contributed by atoms with van der Waals surface area (Å²) < 4.78 is 0. The van der Waals surface area contributed by atoms with Crippen LogP contribution in [0.4, 0.5) is 0 Å². The molecule has 3 unspecified atom stereocenters. The van der Waals surface area contributed by atoms with E-state index in [1.165, 1.54) is 32.1 Å². The molecule has 2 aliphatic rings. The number of hydrogen-bond donors (Lipinski definition) is 1. The van der Waals surface area contributed by atoms with Crippen molar-refractivity contribution in [2.24, 2.45) is 11.8 Å². The van der Waals surface area contributed by atoms with Gasteiger partial charge < -0.3 is 5.32 Å². The molecule has 1 aliphatic heterocycles. The lowest BCUT2D eigenvalue weighted by Gasteiger charge is -2.37. The molecule has 20 heavy (non-hydrogen) atoms. The highest BCUT2D eigenvalue weighted by Gasteiger charge is 2.35. The van der Waals surface area contributed by atoms with Crippen molar-refractivity contribution in [2.45, 2.75) is 65.0 Å². The van der Waals surface area contributed by atoms with Crippen molar-refractivity contribution in [1.82, 2.24) is 10.2 Å². The van der Waals surface area contributed by atoms with Crippen LogP contribution >= 0.6 is 0 Å². The molecule has 0 aromatic heterocycles. The number of fused-ring (bicyclic) bond motifs is 1. The predicted octanol–water partition coefficient (Wildman–Crippen LogP) is 1.98. The molecule has 1 aliphatic carbocycles. The van der Waals surface area contributed by atoms with Gasteiger partial charge in [0.15, 0.2) is 5.78 Å². The highest BCUT2D eigenvalue weighted by molar-refractivity contribution is 5.88. The third-order valence-corrected chi connectivity index (χ3v) is 4.88. The van der Waals surface area contributed by atoms with Gasteiger partial charge in [-0.25, -0.2) is 0 Å². The van der Waals surface area contributed by atoms with Crippen LogP contribution in [0.1, 0.15) is 52.9 Å². The van der Waals surface area contributed by atoms with E-state index in [2.05, 4.69) is 10.2 Å². The van der Waals surface area contributed by atoms with Crippen molar-refractivity contribution in [3.05, 3.63) is 0 Å². The molecule has 114 valence electrons. The Kier molecular flexibility index (Phi) is 5.19. The molecule has 0 spiro atoms. The molecule has 1 amide bonds. The quantitative estimate of drug-likeness (QED) is 0.838. The Morgan fingerprint density at radius 2 is 1.90 bits per heavy atom. The number of carbonyl (C=O) groups excluding carboxylic acids is 2. The molecule has 3 atom stereocenters. The van der Waals surface area contributed by atoms with Gasteiger partial charge in [0.25, 0.3) is 0 Å². The second kappa shape index (κ2) is 6.70. The summed E-state index contributed by atoms with van der Waals surface area (Å²) in [4.78, 5) is 26.1. The van der Waals surface area contributed by atoms with E-state index in [0.717, 1.165) is 12.5 Å². The Balaban J connectivity index is 1.88. The summed E-state index contributed by atoms with van der Waals surface area (Å²) in [6.45, 7) is 6.98. The number of hydrogen-bond acceptors (Lipinski definition) is 3. The molecule has 1 heterocycles. The number of piperidine rings is 1. The average Bonchev–Trinajstić information content (AvgIpc) is 2.84. The molecule has 0 bridgehead atoms. The van der Waals surface area contributed by atoms with Crippen LogP contribution in [-0.4, -0.2) is 41.8 Å². The van der Waals surface area contributed by atoms with Gasteiger partial charge in [-0.05, 0) is 51.0 Å². The van der Waals surface area contributed by atoms with Crippen LogP contribution < -0.4 is 5.32 Å². The molecule has 0 aromatic carbocycles. The molecule has 1 saturated carbocycles. The fourth-order valence-corrected chi connectivity index (χ4v) is 3.89. The number of nitrogens with zero attached hydrogens (tertiary/aromatic N) is 1. The Bertz CT molecular complexity index is 367. The number of amides is 1. The van der Waals surface area contributed by atoms with Crippen molar-refractivity contribution in [3.63, 3.8) is 0 Å². The molecule has 0 aromatic rings. The molecular weight excluding hydrogens is 252 g/mol. The van der Waals surface area contributed by atoms with Gasteiger partial charge in [0.2, 0.25) is 5.91 Å². The Labute approximate surface area is 122 Å². The highest BCUT2D eigenvalue weighted by atomic mass is 16.2.